The Bertz CT molecular complexity index is 426. The molecule has 4 nitrogen and oxygen atoms in total. The molecule has 0 aliphatic carbocycles. The van der Waals surface area contributed by atoms with Crippen LogP contribution in [-0.4, -0.2) is 32.8 Å². The van der Waals surface area contributed by atoms with Crippen molar-refractivity contribution in [2.24, 2.45) is 0 Å². The number of methoxy groups -OCH3 is 1. The van der Waals surface area contributed by atoms with Crippen molar-refractivity contribution in [1.29, 1.82) is 0 Å². The molecule has 1 amide bonds. The van der Waals surface area contributed by atoms with Crippen LogP contribution in [0.1, 0.15) is 18.5 Å². The van der Waals surface area contributed by atoms with Crippen molar-refractivity contribution in [1.82, 2.24) is 5.32 Å². The van der Waals surface area contributed by atoms with Crippen LogP contribution in [0.3, 0.4) is 0 Å². The maximum atomic E-state index is 11.6. The number of hydrogen-bond donors (Lipinski definition) is 1. The van der Waals surface area contributed by atoms with Crippen molar-refractivity contribution in [3.05, 3.63) is 33.8 Å². The van der Waals surface area contributed by atoms with E-state index >= 15 is 0 Å². The van der Waals surface area contributed by atoms with Crippen LogP contribution in [0, 0.1) is 0 Å². The largest absolute Gasteiger partial charge is 0.382 e. The predicted octanol–water partition coefficient (Wildman–Crippen LogP) is 2.83. The molecule has 6 heteroatoms. The first-order valence-electron chi connectivity index (χ1n) is 5.85. The Kier molecular flexibility index (Phi) is 7.16. The summed E-state index contributed by atoms with van der Waals surface area (Å²) in [6, 6.07) is 4.97. The van der Waals surface area contributed by atoms with Gasteiger partial charge in [-0.1, -0.05) is 29.3 Å². The number of nitrogens with one attached hydrogen (secondary N) is 1. The highest BCUT2D eigenvalue weighted by Crippen LogP contribution is 2.25. The molecule has 0 aliphatic rings. The van der Waals surface area contributed by atoms with E-state index in [-0.39, 0.29) is 18.6 Å². The van der Waals surface area contributed by atoms with E-state index in [0.717, 1.165) is 5.56 Å². The third kappa shape index (κ3) is 5.78. The fraction of sp³-hybridized carbons (Fsp3) is 0.462. The summed E-state index contributed by atoms with van der Waals surface area (Å²) in [7, 11) is 1.58. The Balaban J connectivity index is 2.45. The first kappa shape index (κ1) is 16.2. The van der Waals surface area contributed by atoms with Crippen LogP contribution >= 0.6 is 23.2 Å². The zero-order valence-electron chi connectivity index (χ0n) is 10.9. The second-order valence-electron chi connectivity index (χ2n) is 4.00. The maximum absolute atomic E-state index is 11.6. The topological polar surface area (TPSA) is 47.6 Å². The molecule has 1 aromatic carbocycles. The second kappa shape index (κ2) is 8.38. The predicted molar refractivity (Wildman–Crippen MR) is 75.7 cm³/mol. The molecule has 0 aromatic heterocycles. The van der Waals surface area contributed by atoms with Crippen molar-refractivity contribution in [3.63, 3.8) is 0 Å². The van der Waals surface area contributed by atoms with Gasteiger partial charge in [-0.05, 0) is 24.6 Å². The summed E-state index contributed by atoms with van der Waals surface area (Å²) in [5.41, 5.74) is 0.816. The summed E-state index contributed by atoms with van der Waals surface area (Å²) >= 11 is 11.9. The van der Waals surface area contributed by atoms with Gasteiger partial charge in [0.25, 0.3) is 0 Å². The zero-order chi connectivity index (χ0) is 14.3. The lowest BCUT2D eigenvalue weighted by Crippen LogP contribution is -2.30. The number of carbonyl (C=O) groups excluding carboxylic acids is 1. The fourth-order valence-electron chi connectivity index (χ4n) is 1.52. The summed E-state index contributed by atoms with van der Waals surface area (Å²) in [6.45, 7) is 2.70. The van der Waals surface area contributed by atoms with Gasteiger partial charge in [0.05, 0.1) is 19.3 Å². The molecule has 0 fully saturated rings. The molecule has 0 saturated heterocycles. The molecule has 1 aromatic rings. The first-order chi connectivity index (χ1) is 9.04. The minimum absolute atomic E-state index is 0.00108. The van der Waals surface area contributed by atoms with E-state index in [1.54, 1.807) is 25.3 Å². The van der Waals surface area contributed by atoms with Gasteiger partial charge in [0, 0.05) is 17.2 Å². The highest BCUT2D eigenvalue weighted by Gasteiger charge is 2.12. The Morgan fingerprint density at radius 2 is 2.11 bits per heavy atom. The molecular formula is C13H17Cl2NO3. The molecule has 1 N–H and O–H groups in total. The van der Waals surface area contributed by atoms with Crippen molar-refractivity contribution in [3.8, 4) is 0 Å². The lowest BCUT2D eigenvalue weighted by molar-refractivity contribution is -0.126. The standard InChI is InChI=1S/C13H17Cl2NO3/c1-9(11-4-3-10(14)7-12(11)15)16-13(17)8-19-6-5-18-2/h3-4,7,9H,5-6,8H2,1-2H3,(H,16,17). The Hall–Kier alpha value is -0.810. The zero-order valence-corrected chi connectivity index (χ0v) is 12.4. The van der Waals surface area contributed by atoms with Gasteiger partial charge in [-0.15, -0.1) is 0 Å². The molecule has 1 unspecified atom stereocenters. The number of rotatable bonds is 7. The van der Waals surface area contributed by atoms with Crippen molar-refractivity contribution in [2.75, 3.05) is 26.9 Å². The lowest BCUT2D eigenvalue weighted by Gasteiger charge is -2.16. The number of carbonyl (C=O) groups is 1. The van der Waals surface area contributed by atoms with Gasteiger partial charge in [0.1, 0.15) is 6.61 Å². The van der Waals surface area contributed by atoms with Crippen molar-refractivity contribution >= 4 is 29.1 Å². The number of benzene rings is 1. The average molecular weight is 306 g/mol. The fourth-order valence-corrected chi connectivity index (χ4v) is 2.09. The van der Waals surface area contributed by atoms with Gasteiger partial charge < -0.3 is 14.8 Å². The smallest absolute Gasteiger partial charge is 0.246 e. The molecular weight excluding hydrogens is 289 g/mol. The van der Waals surface area contributed by atoms with E-state index in [0.29, 0.717) is 23.3 Å². The molecule has 0 spiro atoms. The summed E-state index contributed by atoms with van der Waals surface area (Å²) in [6.07, 6.45) is 0. The molecule has 19 heavy (non-hydrogen) atoms. The molecule has 1 atom stereocenters. The van der Waals surface area contributed by atoms with E-state index in [9.17, 15) is 4.79 Å². The van der Waals surface area contributed by atoms with E-state index in [1.165, 1.54) is 0 Å². The van der Waals surface area contributed by atoms with Gasteiger partial charge in [-0.2, -0.15) is 0 Å². The molecule has 106 valence electrons. The van der Waals surface area contributed by atoms with Crippen molar-refractivity contribution < 1.29 is 14.3 Å². The van der Waals surface area contributed by atoms with E-state index in [4.69, 9.17) is 32.7 Å². The van der Waals surface area contributed by atoms with Crippen LogP contribution in [0.5, 0.6) is 0 Å². The molecule has 0 aliphatic heterocycles. The SMILES string of the molecule is COCCOCC(=O)NC(C)c1ccc(Cl)cc1Cl. The van der Waals surface area contributed by atoms with Gasteiger partial charge in [-0.25, -0.2) is 0 Å². The first-order valence-corrected chi connectivity index (χ1v) is 6.61. The number of amides is 1. The van der Waals surface area contributed by atoms with Crippen LogP contribution in [0.25, 0.3) is 0 Å². The van der Waals surface area contributed by atoms with Crippen LogP contribution in [0.4, 0.5) is 0 Å². The average Bonchev–Trinajstić information content (AvgIpc) is 2.34. The van der Waals surface area contributed by atoms with Crippen LogP contribution in [0.15, 0.2) is 18.2 Å². The Morgan fingerprint density at radius 3 is 2.74 bits per heavy atom. The van der Waals surface area contributed by atoms with Crippen LogP contribution < -0.4 is 5.32 Å². The van der Waals surface area contributed by atoms with Crippen molar-refractivity contribution in [2.45, 2.75) is 13.0 Å². The lowest BCUT2D eigenvalue weighted by atomic mass is 10.1. The number of halogens is 2. The summed E-state index contributed by atoms with van der Waals surface area (Å²) in [5.74, 6) is -0.199. The van der Waals surface area contributed by atoms with Crippen LogP contribution in [-0.2, 0) is 14.3 Å². The summed E-state index contributed by atoms with van der Waals surface area (Å²) < 4.78 is 9.95. The molecule has 0 heterocycles. The third-order valence-electron chi connectivity index (χ3n) is 2.47. The van der Waals surface area contributed by atoms with Gasteiger partial charge in [-0.3, -0.25) is 4.79 Å². The molecule has 1 rings (SSSR count). The summed E-state index contributed by atoms with van der Waals surface area (Å²) in [5, 5.41) is 3.89. The third-order valence-corrected chi connectivity index (χ3v) is 3.03. The summed E-state index contributed by atoms with van der Waals surface area (Å²) in [4.78, 5) is 11.6. The van der Waals surface area contributed by atoms with E-state index in [1.807, 2.05) is 6.92 Å². The van der Waals surface area contributed by atoms with Gasteiger partial charge in [0.2, 0.25) is 5.91 Å². The van der Waals surface area contributed by atoms with Gasteiger partial charge >= 0.3 is 0 Å². The molecule has 0 saturated carbocycles. The van der Waals surface area contributed by atoms with E-state index in [2.05, 4.69) is 5.32 Å². The Labute approximate surface area is 123 Å². The van der Waals surface area contributed by atoms with E-state index < -0.39 is 0 Å². The minimum atomic E-state index is -0.205. The maximum Gasteiger partial charge on any atom is 0.246 e. The number of ether oxygens (including phenoxy) is 2. The van der Waals surface area contributed by atoms with Crippen LogP contribution in [0.2, 0.25) is 10.0 Å². The highest BCUT2D eigenvalue weighted by atomic mass is 35.5. The highest BCUT2D eigenvalue weighted by molar-refractivity contribution is 6.35. The minimum Gasteiger partial charge on any atom is -0.382 e. The van der Waals surface area contributed by atoms with Gasteiger partial charge in [0.15, 0.2) is 0 Å². The Morgan fingerprint density at radius 1 is 1.37 bits per heavy atom. The number of hydrogen-bond acceptors (Lipinski definition) is 3. The normalized spacial score (nSPS) is 12.2. The monoisotopic (exact) mass is 305 g/mol. The quantitative estimate of drug-likeness (QED) is 0.788. The second-order valence-corrected chi connectivity index (χ2v) is 4.84. The molecule has 0 radical (unpaired) electrons. The molecule has 0 bridgehead atoms.